The maximum atomic E-state index is 5.75. The van der Waals surface area contributed by atoms with Crippen LogP contribution < -0.4 is 5.32 Å². The van der Waals surface area contributed by atoms with Crippen molar-refractivity contribution >= 4 is 33.9 Å². The highest BCUT2D eigenvalue weighted by atomic mass is 32.1. The van der Waals surface area contributed by atoms with E-state index in [-0.39, 0.29) is 5.41 Å². The summed E-state index contributed by atoms with van der Waals surface area (Å²) in [5, 5.41) is 8.11. The minimum atomic E-state index is -0.106. The van der Waals surface area contributed by atoms with Gasteiger partial charge in [-0.2, -0.15) is 0 Å². The molecule has 3 heteroatoms. The largest absolute Gasteiger partial charge is 0.469 e. The Kier molecular flexibility index (Phi) is 5.36. The molecular formula is C25H25NOS. The first-order chi connectivity index (χ1) is 13.7. The molecule has 0 spiro atoms. The van der Waals surface area contributed by atoms with Crippen molar-refractivity contribution in [2.45, 2.75) is 25.2 Å². The number of rotatable bonds is 7. The van der Waals surface area contributed by atoms with Crippen molar-refractivity contribution in [1.29, 1.82) is 0 Å². The van der Waals surface area contributed by atoms with Crippen LogP contribution in [0.25, 0.3) is 16.8 Å². The van der Waals surface area contributed by atoms with E-state index in [0.29, 0.717) is 0 Å². The third kappa shape index (κ3) is 3.76. The summed E-state index contributed by atoms with van der Waals surface area (Å²) in [6.07, 6.45) is 8.07. The molecule has 0 radical (unpaired) electrons. The Hall–Kier alpha value is -2.78. The predicted octanol–water partition coefficient (Wildman–Crippen LogP) is 7.14. The molecule has 2 aromatic carbocycles. The lowest BCUT2D eigenvalue weighted by molar-refractivity contribution is 0.411. The maximum Gasteiger partial charge on any atom is 0.104 e. The van der Waals surface area contributed by atoms with Crippen molar-refractivity contribution in [2.75, 3.05) is 12.4 Å². The van der Waals surface area contributed by atoms with Gasteiger partial charge in [-0.25, -0.2) is 0 Å². The number of anilines is 1. The second-order valence-corrected chi connectivity index (χ2v) is 8.38. The van der Waals surface area contributed by atoms with Gasteiger partial charge in [0, 0.05) is 29.4 Å². The smallest absolute Gasteiger partial charge is 0.104 e. The Balaban J connectivity index is 1.81. The summed E-state index contributed by atoms with van der Waals surface area (Å²) in [5.74, 6) is 1.02. The van der Waals surface area contributed by atoms with E-state index in [1.165, 1.54) is 26.9 Å². The molecule has 4 rings (SSSR count). The van der Waals surface area contributed by atoms with Crippen molar-refractivity contribution in [3.05, 3.63) is 94.6 Å². The van der Waals surface area contributed by atoms with E-state index in [9.17, 15) is 0 Å². The Morgan fingerprint density at radius 2 is 1.93 bits per heavy atom. The molecule has 0 aliphatic heterocycles. The number of hydrogen-bond acceptors (Lipinski definition) is 3. The molecule has 0 saturated carbocycles. The molecule has 4 aromatic rings. The third-order valence-corrected chi connectivity index (χ3v) is 6.18. The van der Waals surface area contributed by atoms with E-state index in [1.807, 2.05) is 13.1 Å². The van der Waals surface area contributed by atoms with Gasteiger partial charge in [0.15, 0.2) is 0 Å². The molecule has 0 aliphatic carbocycles. The monoisotopic (exact) mass is 387 g/mol. The van der Waals surface area contributed by atoms with Crippen LogP contribution in [0.15, 0.2) is 82.8 Å². The summed E-state index contributed by atoms with van der Waals surface area (Å²) >= 11 is 1.77. The van der Waals surface area contributed by atoms with Crippen molar-refractivity contribution in [2.24, 2.45) is 0 Å². The molecule has 2 aromatic heterocycles. The Bertz CT molecular complexity index is 1060. The topological polar surface area (TPSA) is 25.2 Å². The number of hydrogen-bond donors (Lipinski definition) is 1. The molecule has 0 bridgehead atoms. The fourth-order valence-electron chi connectivity index (χ4n) is 4.01. The number of fused-ring (bicyclic) bond motifs is 1. The SMILES string of the molecule is CNc1ccc2ccccc2c1C(C)(C/C=C/c1cccs1)Cc1ccco1. The number of furan rings is 1. The maximum absolute atomic E-state index is 5.75. The standard InChI is InChI=1S/C25H25NOS/c1-25(18-20-9-6-16-27-20,15-5-10-21-11-7-17-28-21)24-22-12-4-3-8-19(22)13-14-23(24)26-2/h3-14,16-17,26H,15,18H2,1-2H3/b10-5+. The van der Waals surface area contributed by atoms with Gasteiger partial charge in [0.2, 0.25) is 0 Å². The highest BCUT2D eigenvalue weighted by Gasteiger charge is 2.31. The Labute approximate surface area is 170 Å². The highest BCUT2D eigenvalue weighted by molar-refractivity contribution is 7.10. The van der Waals surface area contributed by atoms with Gasteiger partial charge < -0.3 is 9.73 Å². The van der Waals surface area contributed by atoms with Gasteiger partial charge in [-0.3, -0.25) is 0 Å². The van der Waals surface area contributed by atoms with Gasteiger partial charge in [-0.15, -0.1) is 11.3 Å². The molecular weight excluding hydrogens is 362 g/mol. The van der Waals surface area contributed by atoms with Crippen molar-refractivity contribution in [1.82, 2.24) is 0 Å². The summed E-state index contributed by atoms with van der Waals surface area (Å²) in [6, 6.07) is 21.3. The second kappa shape index (κ2) is 8.07. The molecule has 2 heterocycles. The normalized spacial score (nSPS) is 13.8. The van der Waals surface area contributed by atoms with E-state index in [1.54, 1.807) is 17.6 Å². The van der Waals surface area contributed by atoms with Gasteiger partial charge in [0.05, 0.1) is 6.26 Å². The van der Waals surface area contributed by atoms with Crippen LogP contribution in [0.4, 0.5) is 5.69 Å². The molecule has 2 nitrogen and oxygen atoms in total. The zero-order valence-corrected chi connectivity index (χ0v) is 17.1. The predicted molar refractivity (Wildman–Crippen MR) is 121 cm³/mol. The van der Waals surface area contributed by atoms with Gasteiger partial charge in [0.1, 0.15) is 5.76 Å². The highest BCUT2D eigenvalue weighted by Crippen LogP contribution is 2.41. The van der Waals surface area contributed by atoms with Crippen LogP contribution in [0.5, 0.6) is 0 Å². The summed E-state index contributed by atoms with van der Waals surface area (Å²) < 4.78 is 5.75. The van der Waals surface area contributed by atoms with Crippen LogP contribution in [0.3, 0.4) is 0 Å². The van der Waals surface area contributed by atoms with E-state index in [0.717, 1.165) is 18.6 Å². The number of allylic oxidation sites excluding steroid dienone is 1. The Morgan fingerprint density at radius 3 is 2.68 bits per heavy atom. The summed E-state index contributed by atoms with van der Waals surface area (Å²) in [4.78, 5) is 1.28. The van der Waals surface area contributed by atoms with E-state index < -0.39 is 0 Å². The first kappa shape index (κ1) is 18.6. The van der Waals surface area contributed by atoms with Crippen LogP contribution in [-0.2, 0) is 11.8 Å². The lowest BCUT2D eigenvalue weighted by Gasteiger charge is -2.32. The van der Waals surface area contributed by atoms with Crippen molar-refractivity contribution < 1.29 is 4.42 Å². The van der Waals surface area contributed by atoms with Crippen molar-refractivity contribution in [3.8, 4) is 0 Å². The van der Waals surface area contributed by atoms with Gasteiger partial charge in [0.25, 0.3) is 0 Å². The molecule has 142 valence electrons. The summed E-state index contributed by atoms with van der Waals surface area (Å²) in [6.45, 7) is 2.34. The average Bonchev–Trinajstić information content (AvgIpc) is 3.41. The number of nitrogens with one attached hydrogen (secondary N) is 1. The average molecular weight is 388 g/mol. The first-order valence-electron chi connectivity index (χ1n) is 9.62. The number of thiophene rings is 1. The van der Waals surface area contributed by atoms with Crippen LogP contribution in [0, 0.1) is 0 Å². The molecule has 28 heavy (non-hydrogen) atoms. The van der Waals surface area contributed by atoms with Gasteiger partial charge in [-0.05, 0) is 58.5 Å². The zero-order valence-electron chi connectivity index (χ0n) is 16.3. The van der Waals surface area contributed by atoms with Crippen LogP contribution in [-0.4, -0.2) is 7.05 Å². The van der Waals surface area contributed by atoms with E-state index in [4.69, 9.17) is 4.42 Å². The minimum absolute atomic E-state index is 0.106. The minimum Gasteiger partial charge on any atom is -0.469 e. The third-order valence-electron chi connectivity index (χ3n) is 5.34. The number of benzene rings is 2. The van der Waals surface area contributed by atoms with Crippen LogP contribution in [0.2, 0.25) is 0 Å². The molecule has 0 amide bonds. The quantitative estimate of drug-likeness (QED) is 0.364. The molecule has 1 atom stereocenters. The lowest BCUT2D eigenvalue weighted by Crippen LogP contribution is -2.26. The first-order valence-corrected chi connectivity index (χ1v) is 10.5. The fraction of sp³-hybridized carbons (Fsp3) is 0.200. The van der Waals surface area contributed by atoms with Crippen molar-refractivity contribution in [3.63, 3.8) is 0 Å². The zero-order chi connectivity index (χ0) is 19.4. The van der Waals surface area contributed by atoms with Gasteiger partial charge >= 0.3 is 0 Å². The molecule has 1 unspecified atom stereocenters. The fourth-order valence-corrected chi connectivity index (χ4v) is 4.66. The molecule has 0 saturated heterocycles. The molecule has 1 N–H and O–H groups in total. The van der Waals surface area contributed by atoms with E-state index in [2.05, 4.69) is 84.4 Å². The van der Waals surface area contributed by atoms with Crippen LogP contribution in [0.1, 0.15) is 29.5 Å². The summed E-state index contributed by atoms with van der Waals surface area (Å²) in [5.41, 5.74) is 2.42. The molecule has 0 fully saturated rings. The lowest BCUT2D eigenvalue weighted by atomic mass is 9.73. The van der Waals surface area contributed by atoms with Gasteiger partial charge in [-0.1, -0.05) is 49.4 Å². The second-order valence-electron chi connectivity index (χ2n) is 7.40. The van der Waals surface area contributed by atoms with Crippen LogP contribution >= 0.6 is 11.3 Å². The Morgan fingerprint density at radius 1 is 1.04 bits per heavy atom. The molecule has 0 aliphatic rings. The summed E-state index contributed by atoms with van der Waals surface area (Å²) in [7, 11) is 2.00. The van der Waals surface area contributed by atoms with E-state index >= 15 is 0 Å².